The van der Waals surface area contributed by atoms with Crippen molar-refractivity contribution in [2.45, 2.75) is 38.1 Å². The molecule has 0 aliphatic rings. The van der Waals surface area contributed by atoms with E-state index < -0.39 is 15.6 Å². The maximum atomic E-state index is 13.3. The molecule has 0 spiro atoms. The fourth-order valence-corrected chi connectivity index (χ4v) is 6.36. The van der Waals surface area contributed by atoms with Crippen molar-refractivity contribution in [3.05, 3.63) is 65.8 Å². The standard InChI is InChI=1S/C23H24N4O2S3/c1-15-5-7-16(8-6-15)21-25-14-19(31-21)18-10-9-17(26-22-24-11-12-30-22)13-20(18)32(28,29)27-23(2,3)4/h5-14,27H,1-4H3,(H,24,26). The minimum Gasteiger partial charge on any atom is -0.332 e. The molecule has 166 valence electrons. The van der Waals surface area contributed by atoms with Gasteiger partial charge in [0.1, 0.15) is 5.01 Å². The highest BCUT2D eigenvalue weighted by Crippen LogP contribution is 2.37. The zero-order chi connectivity index (χ0) is 22.9. The monoisotopic (exact) mass is 484 g/mol. The highest BCUT2D eigenvalue weighted by atomic mass is 32.2. The summed E-state index contributed by atoms with van der Waals surface area (Å²) in [5, 5.41) is 6.58. The first-order chi connectivity index (χ1) is 15.1. The SMILES string of the molecule is Cc1ccc(-c2ncc(-c3ccc(Nc4nccs4)cc3S(=O)(=O)NC(C)(C)C)s2)cc1. The Hall–Kier alpha value is -2.59. The van der Waals surface area contributed by atoms with Crippen LogP contribution in [0.1, 0.15) is 26.3 Å². The Morgan fingerprint density at radius 2 is 1.75 bits per heavy atom. The van der Waals surface area contributed by atoms with Gasteiger partial charge in [0.15, 0.2) is 5.13 Å². The van der Waals surface area contributed by atoms with E-state index >= 15 is 0 Å². The Morgan fingerprint density at radius 3 is 2.41 bits per heavy atom. The van der Waals surface area contributed by atoms with Gasteiger partial charge in [-0.05, 0) is 39.8 Å². The quantitative estimate of drug-likeness (QED) is 0.347. The molecule has 6 nitrogen and oxygen atoms in total. The molecule has 4 aromatic rings. The van der Waals surface area contributed by atoms with Gasteiger partial charge >= 0.3 is 0 Å². The molecule has 0 bridgehead atoms. The molecule has 0 atom stereocenters. The smallest absolute Gasteiger partial charge is 0.241 e. The van der Waals surface area contributed by atoms with Gasteiger partial charge in [0.25, 0.3) is 0 Å². The van der Waals surface area contributed by atoms with Crippen LogP contribution in [0.4, 0.5) is 10.8 Å². The Balaban J connectivity index is 1.78. The van der Waals surface area contributed by atoms with E-state index in [2.05, 4.69) is 20.0 Å². The molecule has 0 fully saturated rings. The third kappa shape index (κ3) is 5.24. The molecular weight excluding hydrogens is 460 g/mol. The van der Waals surface area contributed by atoms with Gasteiger partial charge in [0.2, 0.25) is 10.0 Å². The topological polar surface area (TPSA) is 84.0 Å². The molecular formula is C23H24N4O2S3. The van der Waals surface area contributed by atoms with E-state index in [1.54, 1.807) is 18.5 Å². The predicted octanol–water partition coefficient (Wildman–Crippen LogP) is 6.06. The fraction of sp³-hybridized carbons (Fsp3) is 0.217. The number of aryl methyl sites for hydroxylation is 1. The van der Waals surface area contributed by atoms with E-state index in [1.165, 1.54) is 28.2 Å². The number of anilines is 2. The number of nitrogens with zero attached hydrogens (tertiary/aromatic N) is 2. The van der Waals surface area contributed by atoms with Crippen LogP contribution >= 0.6 is 22.7 Å². The zero-order valence-electron chi connectivity index (χ0n) is 18.2. The summed E-state index contributed by atoms with van der Waals surface area (Å²) >= 11 is 2.92. The van der Waals surface area contributed by atoms with Crippen LogP contribution in [-0.4, -0.2) is 23.9 Å². The highest BCUT2D eigenvalue weighted by Gasteiger charge is 2.26. The van der Waals surface area contributed by atoms with Gasteiger partial charge in [0.05, 0.1) is 9.77 Å². The molecule has 32 heavy (non-hydrogen) atoms. The lowest BCUT2D eigenvalue weighted by atomic mass is 10.1. The number of hydrogen-bond acceptors (Lipinski definition) is 7. The third-order valence-electron chi connectivity index (χ3n) is 4.46. The summed E-state index contributed by atoms with van der Waals surface area (Å²) < 4.78 is 29.5. The molecule has 2 heterocycles. The lowest BCUT2D eigenvalue weighted by Gasteiger charge is -2.22. The lowest BCUT2D eigenvalue weighted by molar-refractivity contribution is 0.491. The first-order valence-corrected chi connectivity index (χ1v) is 13.2. The third-order valence-corrected chi connectivity index (χ3v) is 8.03. The number of nitrogens with one attached hydrogen (secondary N) is 2. The maximum absolute atomic E-state index is 13.3. The van der Waals surface area contributed by atoms with Crippen molar-refractivity contribution in [2.24, 2.45) is 0 Å². The summed E-state index contributed by atoms with van der Waals surface area (Å²) in [6.45, 7) is 7.51. The number of rotatable bonds is 6. The van der Waals surface area contributed by atoms with E-state index in [-0.39, 0.29) is 4.90 Å². The number of benzene rings is 2. The average molecular weight is 485 g/mol. The van der Waals surface area contributed by atoms with Crippen molar-refractivity contribution in [1.82, 2.24) is 14.7 Å². The van der Waals surface area contributed by atoms with E-state index in [0.717, 1.165) is 15.4 Å². The van der Waals surface area contributed by atoms with Crippen molar-refractivity contribution >= 4 is 43.5 Å². The number of aromatic nitrogens is 2. The van der Waals surface area contributed by atoms with Crippen molar-refractivity contribution < 1.29 is 8.42 Å². The molecule has 2 N–H and O–H groups in total. The summed E-state index contributed by atoms with van der Waals surface area (Å²) in [4.78, 5) is 9.76. The number of thiazole rings is 2. The minimum absolute atomic E-state index is 0.202. The molecule has 0 aliphatic carbocycles. The summed E-state index contributed by atoms with van der Waals surface area (Å²) in [6.07, 6.45) is 3.43. The second kappa shape index (κ2) is 8.74. The first-order valence-electron chi connectivity index (χ1n) is 9.98. The van der Waals surface area contributed by atoms with Crippen molar-refractivity contribution in [1.29, 1.82) is 0 Å². The molecule has 0 saturated heterocycles. The Bertz CT molecular complexity index is 1320. The van der Waals surface area contributed by atoms with Gasteiger partial charge in [-0.25, -0.2) is 23.1 Å². The lowest BCUT2D eigenvalue weighted by Crippen LogP contribution is -2.40. The predicted molar refractivity (Wildman–Crippen MR) is 133 cm³/mol. The molecule has 0 saturated carbocycles. The molecule has 0 radical (unpaired) electrons. The molecule has 0 unspecified atom stereocenters. The summed E-state index contributed by atoms with van der Waals surface area (Å²) in [5.41, 5.74) is 2.83. The Labute approximate surface area is 196 Å². The summed E-state index contributed by atoms with van der Waals surface area (Å²) in [6, 6.07) is 13.5. The molecule has 2 aromatic carbocycles. The second-order valence-corrected chi connectivity index (χ2v) is 12.0. The second-order valence-electron chi connectivity index (χ2n) is 8.42. The van der Waals surface area contributed by atoms with Crippen LogP contribution in [0.5, 0.6) is 0 Å². The number of sulfonamides is 1. The summed E-state index contributed by atoms with van der Waals surface area (Å²) in [7, 11) is -3.79. The van der Waals surface area contributed by atoms with Gasteiger partial charge in [-0.2, -0.15) is 0 Å². The van der Waals surface area contributed by atoms with E-state index in [0.29, 0.717) is 16.4 Å². The van der Waals surface area contributed by atoms with Crippen LogP contribution in [0.15, 0.2) is 65.1 Å². The van der Waals surface area contributed by atoms with Crippen LogP contribution in [0.2, 0.25) is 0 Å². The molecule has 0 amide bonds. The van der Waals surface area contributed by atoms with Crippen LogP contribution in [0.25, 0.3) is 21.0 Å². The van der Waals surface area contributed by atoms with Gasteiger partial charge in [-0.3, -0.25) is 0 Å². The molecule has 0 aliphatic heterocycles. The number of hydrogen-bond donors (Lipinski definition) is 2. The first kappa shape index (κ1) is 22.6. The fourth-order valence-electron chi connectivity index (χ4n) is 3.12. The Kier molecular flexibility index (Phi) is 6.17. The van der Waals surface area contributed by atoms with Gasteiger partial charge < -0.3 is 5.32 Å². The van der Waals surface area contributed by atoms with E-state index in [9.17, 15) is 8.42 Å². The van der Waals surface area contributed by atoms with E-state index in [4.69, 9.17) is 0 Å². The zero-order valence-corrected chi connectivity index (χ0v) is 20.7. The van der Waals surface area contributed by atoms with Crippen molar-refractivity contribution in [3.63, 3.8) is 0 Å². The van der Waals surface area contributed by atoms with Crippen LogP contribution in [0.3, 0.4) is 0 Å². The van der Waals surface area contributed by atoms with Crippen LogP contribution in [-0.2, 0) is 10.0 Å². The summed E-state index contributed by atoms with van der Waals surface area (Å²) in [5.74, 6) is 0. The maximum Gasteiger partial charge on any atom is 0.241 e. The minimum atomic E-state index is -3.79. The normalized spacial score (nSPS) is 12.1. The largest absolute Gasteiger partial charge is 0.332 e. The van der Waals surface area contributed by atoms with Crippen molar-refractivity contribution in [2.75, 3.05) is 5.32 Å². The molecule has 4 rings (SSSR count). The average Bonchev–Trinajstić information content (AvgIpc) is 3.39. The van der Waals surface area contributed by atoms with Crippen molar-refractivity contribution in [3.8, 4) is 21.0 Å². The van der Waals surface area contributed by atoms with Gasteiger partial charge in [0, 0.05) is 40.1 Å². The molecule has 2 aromatic heterocycles. The van der Waals surface area contributed by atoms with Crippen LogP contribution < -0.4 is 10.0 Å². The van der Waals surface area contributed by atoms with Gasteiger partial charge in [-0.15, -0.1) is 22.7 Å². The molecule has 9 heteroatoms. The van der Waals surface area contributed by atoms with Gasteiger partial charge in [-0.1, -0.05) is 35.9 Å². The Morgan fingerprint density at radius 1 is 1.00 bits per heavy atom. The highest BCUT2D eigenvalue weighted by molar-refractivity contribution is 7.89. The van der Waals surface area contributed by atoms with E-state index in [1.807, 2.05) is 69.5 Å². The van der Waals surface area contributed by atoms with Crippen LogP contribution in [0, 0.1) is 6.92 Å².